The van der Waals surface area contributed by atoms with Crippen molar-refractivity contribution in [3.63, 3.8) is 0 Å². The molecular formula is C23H23NO4. The first-order chi connectivity index (χ1) is 13.7. The standard InChI is InChI=1S/C23H23NO4/c1-26-19-13-14-20(21(15-19)27-2)24-22(25)16-28-23(17-9-5-3-6-10-17)18-11-7-4-8-12-18/h3-15,23H,16H2,1-2H3,(H,24,25). The van der Waals surface area contributed by atoms with Crippen LogP contribution in [0.1, 0.15) is 17.2 Å². The van der Waals surface area contributed by atoms with Gasteiger partial charge in [0.25, 0.3) is 5.91 Å². The normalized spacial score (nSPS) is 10.5. The van der Waals surface area contributed by atoms with Crippen LogP contribution < -0.4 is 14.8 Å². The number of hydrogen-bond donors (Lipinski definition) is 1. The molecule has 0 spiro atoms. The van der Waals surface area contributed by atoms with Crippen molar-refractivity contribution in [2.75, 3.05) is 26.1 Å². The monoisotopic (exact) mass is 377 g/mol. The van der Waals surface area contributed by atoms with Gasteiger partial charge in [-0.25, -0.2) is 0 Å². The first-order valence-corrected chi connectivity index (χ1v) is 8.94. The number of rotatable bonds is 8. The molecule has 0 aliphatic heterocycles. The van der Waals surface area contributed by atoms with Crippen LogP contribution in [-0.2, 0) is 9.53 Å². The summed E-state index contributed by atoms with van der Waals surface area (Å²) < 4.78 is 16.5. The Morgan fingerprint density at radius 3 is 2.00 bits per heavy atom. The highest BCUT2D eigenvalue weighted by atomic mass is 16.5. The summed E-state index contributed by atoms with van der Waals surface area (Å²) in [5.74, 6) is 0.912. The topological polar surface area (TPSA) is 56.8 Å². The van der Waals surface area contributed by atoms with E-state index in [0.29, 0.717) is 17.2 Å². The van der Waals surface area contributed by atoms with Gasteiger partial charge < -0.3 is 19.5 Å². The van der Waals surface area contributed by atoms with Crippen LogP contribution in [-0.4, -0.2) is 26.7 Å². The fourth-order valence-corrected chi connectivity index (χ4v) is 2.89. The van der Waals surface area contributed by atoms with Crippen molar-refractivity contribution in [3.05, 3.63) is 90.0 Å². The number of ether oxygens (including phenoxy) is 3. The highest BCUT2D eigenvalue weighted by molar-refractivity contribution is 5.93. The quantitative estimate of drug-likeness (QED) is 0.630. The van der Waals surface area contributed by atoms with Crippen molar-refractivity contribution in [2.45, 2.75) is 6.10 Å². The molecular weight excluding hydrogens is 354 g/mol. The number of nitrogens with one attached hydrogen (secondary N) is 1. The maximum Gasteiger partial charge on any atom is 0.250 e. The summed E-state index contributed by atoms with van der Waals surface area (Å²) in [4.78, 5) is 12.5. The summed E-state index contributed by atoms with van der Waals surface area (Å²) in [6, 6.07) is 24.9. The van der Waals surface area contributed by atoms with Crippen molar-refractivity contribution in [1.82, 2.24) is 0 Å². The minimum atomic E-state index is -0.328. The van der Waals surface area contributed by atoms with E-state index in [1.54, 1.807) is 32.4 Å². The minimum Gasteiger partial charge on any atom is -0.497 e. The zero-order valence-electron chi connectivity index (χ0n) is 15.9. The fourth-order valence-electron chi connectivity index (χ4n) is 2.89. The van der Waals surface area contributed by atoms with Gasteiger partial charge in [0.2, 0.25) is 0 Å². The van der Waals surface area contributed by atoms with Crippen molar-refractivity contribution in [1.29, 1.82) is 0 Å². The lowest BCUT2D eigenvalue weighted by Crippen LogP contribution is -2.21. The SMILES string of the molecule is COc1ccc(NC(=O)COC(c2ccccc2)c2ccccc2)c(OC)c1. The zero-order valence-corrected chi connectivity index (χ0v) is 15.9. The minimum absolute atomic E-state index is 0.0936. The molecule has 0 aliphatic rings. The molecule has 5 nitrogen and oxygen atoms in total. The summed E-state index contributed by atoms with van der Waals surface area (Å²) in [7, 11) is 3.12. The summed E-state index contributed by atoms with van der Waals surface area (Å²) >= 11 is 0. The van der Waals surface area contributed by atoms with Crippen LogP contribution in [0, 0.1) is 0 Å². The Hall–Kier alpha value is -3.31. The van der Waals surface area contributed by atoms with E-state index < -0.39 is 0 Å². The van der Waals surface area contributed by atoms with Crippen LogP contribution in [0.3, 0.4) is 0 Å². The zero-order chi connectivity index (χ0) is 19.8. The summed E-state index contributed by atoms with van der Waals surface area (Å²) in [6.07, 6.45) is -0.328. The maximum absolute atomic E-state index is 12.5. The Morgan fingerprint density at radius 1 is 0.857 bits per heavy atom. The highest BCUT2D eigenvalue weighted by Crippen LogP contribution is 2.29. The predicted molar refractivity (Wildman–Crippen MR) is 109 cm³/mol. The van der Waals surface area contributed by atoms with Gasteiger partial charge in [0.15, 0.2) is 0 Å². The Balaban J connectivity index is 1.71. The summed E-state index contributed by atoms with van der Waals surface area (Å²) in [5, 5.41) is 2.83. The summed E-state index contributed by atoms with van der Waals surface area (Å²) in [5.41, 5.74) is 2.54. The second-order valence-corrected chi connectivity index (χ2v) is 6.13. The van der Waals surface area contributed by atoms with Crippen molar-refractivity contribution in [2.24, 2.45) is 0 Å². The van der Waals surface area contributed by atoms with E-state index >= 15 is 0 Å². The fraction of sp³-hybridized carbons (Fsp3) is 0.174. The van der Waals surface area contributed by atoms with Gasteiger partial charge in [-0.15, -0.1) is 0 Å². The average Bonchev–Trinajstić information content (AvgIpc) is 2.75. The highest BCUT2D eigenvalue weighted by Gasteiger charge is 2.17. The van der Waals surface area contributed by atoms with Crippen LogP contribution in [0.2, 0.25) is 0 Å². The molecule has 28 heavy (non-hydrogen) atoms. The van der Waals surface area contributed by atoms with Gasteiger partial charge in [0.1, 0.15) is 24.2 Å². The molecule has 0 heterocycles. The molecule has 0 saturated carbocycles. The van der Waals surface area contributed by atoms with Gasteiger partial charge in [0.05, 0.1) is 19.9 Å². The molecule has 0 aromatic heterocycles. The summed E-state index contributed by atoms with van der Waals surface area (Å²) in [6.45, 7) is -0.0936. The number of benzene rings is 3. The lowest BCUT2D eigenvalue weighted by atomic mass is 10.0. The molecule has 0 radical (unpaired) electrons. The molecule has 1 N–H and O–H groups in total. The van der Waals surface area contributed by atoms with E-state index in [2.05, 4.69) is 5.32 Å². The third-order valence-electron chi connectivity index (χ3n) is 4.27. The van der Waals surface area contributed by atoms with E-state index in [-0.39, 0.29) is 18.6 Å². The number of carbonyl (C=O) groups is 1. The molecule has 3 aromatic rings. The molecule has 5 heteroatoms. The van der Waals surface area contributed by atoms with Crippen LogP contribution >= 0.6 is 0 Å². The lowest BCUT2D eigenvalue weighted by Gasteiger charge is -2.19. The molecule has 0 bridgehead atoms. The van der Waals surface area contributed by atoms with Gasteiger partial charge in [-0.3, -0.25) is 4.79 Å². The second kappa shape index (κ2) is 9.58. The third kappa shape index (κ3) is 4.90. The van der Waals surface area contributed by atoms with Crippen LogP contribution in [0.5, 0.6) is 11.5 Å². The van der Waals surface area contributed by atoms with Crippen molar-refractivity contribution >= 4 is 11.6 Å². The second-order valence-electron chi connectivity index (χ2n) is 6.13. The Morgan fingerprint density at radius 2 is 1.46 bits per heavy atom. The Bertz CT molecular complexity index is 857. The van der Waals surface area contributed by atoms with Crippen LogP contribution in [0.4, 0.5) is 5.69 Å². The lowest BCUT2D eigenvalue weighted by molar-refractivity contribution is -0.121. The van der Waals surface area contributed by atoms with E-state index in [1.807, 2.05) is 60.7 Å². The molecule has 0 unspecified atom stereocenters. The number of methoxy groups -OCH3 is 2. The number of amides is 1. The smallest absolute Gasteiger partial charge is 0.250 e. The van der Waals surface area contributed by atoms with E-state index in [0.717, 1.165) is 11.1 Å². The van der Waals surface area contributed by atoms with Crippen LogP contribution in [0.15, 0.2) is 78.9 Å². The van der Waals surface area contributed by atoms with E-state index in [1.165, 1.54) is 0 Å². The van der Waals surface area contributed by atoms with Gasteiger partial charge in [-0.05, 0) is 23.3 Å². The molecule has 1 amide bonds. The van der Waals surface area contributed by atoms with Crippen molar-refractivity contribution < 1.29 is 19.0 Å². The van der Waals surface area contributed by atoms with Gasteiger partial charge in [-0.2, -0.15) is 0 Å². The van der Waals surface area contributed by atoms with Gasteiger partial charge >= 0.3 is 0 Å². The molecule has 144 valence electrons. The molecule has 0 fully saturated rings. The predicted octanol–water partition coefficient (Wildman–Crippen LogP) is 4.45. The number of hydrogen-bond acceptors (Lipinski definition) is 4. The molecule has 0 atom stereocenters. The number of anilines is 1. The Kier molecular flexibility index (Phi) is 6.65. The molecule has 0 aliphatic carbocycles. The molecule has 3 rings (SSSR count). The molecule has 3 aromatic carbocycles. The average molecular weight is 377 g/mol. The maximum atomic E-state index is 12.5. The Labute approximate surface area is 164 Å². The van der Waals surface area contributed by atoms with Crippen molar-refractivity contribution in [3.8, 4) is 11.5 Å². The van der Waals surface area contributed by atoms with Crippen LogP contribution in [0.25, 0.3) is 0 Å². The third-order valence-corrected chi connectivity index (χ3v) is 4.27. The first-order valence-electron chi connectivity index (χ1n) is 8.94. The van der Waals surface area contributed by atoms with E-state index in [4.69, 9.17) is 14.2 Å². The van der Waals surface area contributed by atoms with Gasteiger partial charge in [-0.1, -0.05) is 60.7 Å². The molecule has 0 saturated heterocycles. The number of carbonyl (C=O) groups excluding carboxylic acids is 1. The first kappa shape index (κ1) is 19.5. The van der Waals surface area contributed by atoms with E-state index in [9.17, 15) is 4.79 Å². The van der Waals surface area contributed by atoms with Gasteiger partial charge in [0, 0.05) is 6.07 Å². The largest absolute Gasteiger partial charge is 0.497 e.